The van der Waals surface area contributed by atoms with Crippen LogP contribution in [0.1, 0.15) is 26.7 Å². The molecular formula is C9H18I2N2-2. The predicted octanol–water partition coefficient (Wildman–Crippen LogP) is -4.14. The van der Waals surface area contributed by atoms with E-state index in [9.17, 15) is 0 Å². The molecule has 2 nitrogen and oxygen atoms in total. The molecule has 0 unspecified atom stereocenters. The van der Waals surface area contributed by atoms with Crippen molar-refractivity contribution < 1.29 is 43.0 Å². The second-order valence-electron chi connectivity index (χ2n) is 2.86. The molecule has 4 heteroatoms. The third kappa shape index (κ3) is 4.71. The minimum absolute atomic E-state index is 0.301. The number of nitrogens with zero attached hydrogens (tertiary/aromatic N) is 2. The summed E-state index contributed by atoms with van der Waals surface area (Å²) in [7, 11) is 0. The van der Waals surface area contributed by atoms with E-state index >= 15 is 0 Å². The van der Waals surface area contributed by atoms with Crippen molar-refractivity contribution in [2.75, 3.05) is 15.5 Å². The van der Waals surface area contributed by atoms with Crippen LogP contribution in [0.5, 0.6) is 0 Å². The molecule has 0 atom stereocenters. The van der Waals surface area contributed by atoms with E-state index < -0.39 is 0 Å². The van der Waals surface area contributed by atoms with Crippen molar-refractivity contribution in [2.45, 2.75) is 26.7 Å². The van der Waals surface area contributed by atoms with Gasteiger partial charge in [0.2, 0.25) is 0 Å². The first-order valence-corrected chi connectivity index (χ1v) is 9.75. The Kier molecular flexibility index (Phi) is 6.52. The van der Waals surface area contributed by atoms with Crippen molar-refractivity contribution in [1.29, 1.82) is 0 Å². The molecule has 0 aliphatic carbocycles. The topological polar surface area (TPSA) is 6.48 Å². The van der Waals surface area contributed by atoms with Crippen molar-refractivity contribution in [2.24, 2.45) is 0 Å². The Balaban J connectivity index is 2.10. The van der Waals surface area contributed by atoms with Crippen LogP contribution in [0.3, 0.4) is 0 Å². The molecule has 1 aliphatic heterocycles. The molecule has 0 aromatic carbocycles. The second-order valence-corrected chi connectivity index (χ2v) is 8.86. The molecule has 0 saturated carbocycles. The Morgan fingerprint density at radius 1 is 1.00 bits per heavy atom. The van der Waals surface area contributed by atoms with Crippen LogP contribution in [0, 0.1) is 0 Å². The monoisotopic (exact) mass is 408 g/mol. The van der Waals surface area contributed by atoms with Crippen LogP contribution in [0.2, 0.25) is 0 Å². The molecule has 1 rings (SSSR count). The Morgan fingerprint density at radius 2 is 1.46 bits per heavy atom. The van der Waals surface area contributed by atoms with Crippen LogP contribution in [-0.2, 0) is 0 Å². The molecule has 0 fully saturated rings. The van der Waals surface area contributed by atoms with Crippen molar-refractivity contribution in [3.05, 3.63) is 12.4 Å². The number of rotatable bonds is 6. The van der Waals surface area contributed by atoms with Crippen LogP contribution >= 0.6 is 0 Å². The fraction of sp³-hybridized carbons (Fsp3) is 0.778. The van der Waals surface area contributed by atoms with Crippen molar-refractivity contribution in [3.8, 4) is 0 Å². The van der Waals surface area contributed by atoms with Crippen molar-refractivity contribution in [1.82, 2.24) is 6.23 Å². The Bertz CT molecular complexity index is 146. The van der Waals surface area contributed by atoms with Gasteiger partial charge < -0.3 is 0 Å². The van der Waals surface area contributed by atoms with Crippen LogP contribution < -0.4 is 43.0 Å². The summed E-state index contributed by atoms with van der Waals surface area (Å²) in [5, 5.41) is 0. The van der Waals surface area contributed by atoms with E-state index in [0.29, 0.717) is 43.0 Å². The molecular weight excluding hydrogens is 390 g/mol. The number of halogens is 2. The summed E-state index contributed by atoms with van der Waals surface area (Å²) in [5.74, 6) is 0. The molecule has 80 valence electrons. The van der Waals surface area contributed by atoms with Crippen LogP contribution in [0.25, 0.3) is 0 Å². The first-order chi connectivity index (χ1) is 6.36. The van der Waals surface area contributed by atoms with Crippen molar-refractivity contribution in [3.63, 3.8) is 0 Å². The van der Waals surface area contributed by atoms with Gasteiger partial charge in [0.25, 0.3) is 0 Å². The molecule has 1 heterocycles. The van der Waals surface area contributed by atoms with Gasteiger partial charge in [-0.15, -0.1) is 0 Å². The van der Waals surface area contributed by atoms with Gasteiger partial charge in [0.05, 0.1) is 0 Å². The molecule has 0 bridgehead atoms. The van der Waals surface area contributed by atoms with E-state index in [1.54, 1.807) is 0 Å². The fourth-order valence-corrected chi connectivity index (χ4v) is 5.53. The third-order valence-corrected chi connectivity index (χ3v) is 7.64. The number of hydrogen-bond donors (Lipinski definition) is 0. The van der Waals surface area contributed by atoms with Gasteiger partial charge in [-0.3, -0.25) is 0 Å². The third-order valence-electron chi connectivity index (χ3n) is 1.51. The molecule has 0 N–H and O–H groups in total. The summed E-state index contributed by atoms with van der Waals surface area (Å²) < 4.78 is 7.95. The van der Waals surface area contributed by atoms with Crippen LogP contribution in [-0.4, -0.2) is 21.8 Å². The zero-order chi connectivity index (χ0) is 9.52. The van der Waals surface area contributed by atoms with Gasteiger partial charge in [-0.2, -0.15) is 0 Å². The van der Waals surface area contributed by atoms with Gasteiger partial charge in [-0.25, -0.2) is 0 Å². The Morgan fingerprint density at radius 3 is 1.85 bits per heavy atom. The Hall–Kier alpha value is 0.800. The molecule has 0 radical (unpaired) electrons. The quantitative estimate of drug-likeness (QED) is 0.251. The summed E-state index contributed by atoms with van der Waals surface area (Å²) >= 11 is 0.601. The number of hydrogen-bond acceptors (Lipinski definition) is 2. The average Bonchev–Trinajstić information content (AvgIpc) is 2.59. The van der Waals surface area contributed by atoms with Crippen LogP contribution in [0.4, 0.5) is 0 Å². The van der Waals surface area contributed by atoms with Gasteiger partial charge in [-0.05, 0) is 0 Å². The summed E-state index contributed by atoms with van der Waals surface area (Å²) in [5.41, 5.74) is 0. The molecule has 13 heavy (non-hydrogen) atoms. The van der Waals surface area contributed by atoms with Gasteiger partial charge in [0, 0.05) is 0 Å². The zero-order valence-electron chi connectivity index (χ0n) is 8.34. The summed E-state index contributed by atoms with van der Waals surface area (Å²) in [6.07, 6.45) is 7.31. The van der Waals surface area contributed by atoms with Gasteiger partial charge in [0.1, 0.15) is 0 Å². The first-order valence-electron chi connectivity index (χ1n) is 4.77. The van der Waals surface area contributed by atoms with Gasteiger partial charge in [-0.1, -0.05) is 0 Å². The maximum atomic E-state index is 2.54. The maximum absolute atomic E-state index is 2.54. The van der Waals surface area contributed by atoms with E-state index in [4.69, 9.17) is 0 Å². The van der Waals surface area contributed by atoms with Gasteiger partial charge >= 0.3 is 104 Å². The summed E-state index contributed by atoms with van der Waals surface area (Å²) in [6.45, 7) is 5.77. The molecule has 0 spiro atoms. The van der Waals surface area contributed by atoms with E-state index in [2.05, 4.69) is 32.5 Å². The summed E-state index contributed by atoms with van der Waals surface area (Å²) in [6, 6.07) is 0. The SMILES string of the molecule is CCC[I-]N1C=CN([I-]CCC)C1. The van der Waals surface area contributed by atoms with Crippen LogP contribution in [0.15, 0.2) is 12.4 Å². The predicted molar refractivity (Wildman–Crippen MR) is 48.0 cm³/mol. The number of alkyl halides is 2. The van der Waals surface area contributed by atoms with Crippen molar-refractivity contribution >= 4 is 0 Å². The second kappa shape index (κ2) is 7.14. The van der Waals surface area contributed by atoms with E-state index in [0.717, 1.165) is 0 Å². The summed E-state index contributed by atoms with van der Waals surface area (Å²) in [4.78, 5) is 0. The zero-order valence-corrected chi connectivity index (χ0v) is 12.7. The standard InChI is InChI=1S/C9H18I2N2/c1-3-5-10-12-7-8-13(9-12)11-6-4-2/h7-8H,3-6,9H2,1-2H3/q-2. The normalized spacial score (nSPS) is 16.5. The molecule has 0 amide bonds. The Labute approximate surface area is 103 Å². The van der Waals surface area contributed by atoms with E-state index in [1.165, 1.54) is 28.4 Å². The average molecular weight is 408 g/mol. The fourth-order valence-electron chi connectivity index (χ4n) is 0.909. The molecule has 0 saturated heterocycles. The molecule has 0 aromatic rings. The first kappa shape index (κ1) is 11.9. The molecule has 1 aliphatic rings. The minimum atomic E-state index is 0.301. The molecule has 0 aromatic heterocycles. The van der Waals surface area contributed by atoms with E-state index in [-0.39, 0.29) is 0 Å². The van der Waals surface area contributed by atoms with E-state index in [1.807, 2.05) is 0 Å². The van der Waals surface area contributed by atoms with Gasteiger partial charge in [0.15, 0.2) is 0 Å².